The van der Waals surface area contributed by atoms with Gasteiger partial charge in [0.15, 0.2) is 0 Å². The van der Waals surface area contributed by atoms with Gasteiger partial charge >= 0.3 is 12.1 Å². The molecule has 0 fully saturated rings. The Morgan fingerprint density at radius 3 is 2.65 bits per heavy atom. The normalized spacial score (nSPS) is 14.5. The highest BCUT2D eigenvalue weighted by Gasteiger charge is 2.17. The first-order valence-corrected chi connectivity index (χ1v) is 7.52. The summed E-state index contributed by atoms with van der Waals surface area (Å²) in [4.78, 5) is 12.3. The van der Waals surface area contributed by atoms with Crippen LogP contribution in [-0.2, 0) is 0 Å². The van der Waals surface area contributed by atoms with E-state index in [1.54, 1.807) is 0 Å². The molecule has 1 amide bonds. The van der Waals surface area contributed by atoms with Gasteiger partial charge in [-0.05, 0) is 36.6 Å². The first kappa shape index (κ1) is 15.1. The fraction of sp³-hybridized carbons (Fsp3) is 0.312. The number of hydrogen-bond donors (Lipinski definition) is 2. The van der Waals surface area contributed by atoms with Crippen LogP contribution in [0.5, 0.6) is 0 Å². The van der Waals surface area contributed by atoms with E-state index in [0.717, 1.165) is 29.7 Å². The first-order valence-electron chi connectivity index (χ1n) is 7.52. The zero-order valence-corrected chi connectivity index (χ0v) is 12.8. The summed E-state index contributed by atoms with van der Waals surface area (Å²) in [5.41, 5.74) is 3.10. The van der Waals surface area contributed by atoms with Crippen molar-refractivity contribution in [1.82, 2.24) is 15.1 Å². The van der Waals surface area contributed by atoms with Gasteiger partial charge in [-0.25, -0.2) is 4.79 Å². The molecule has 1 aromatic heterocycles. The maximum Gasteiger partial charge on any atom is 0.407 e. The summed E-state index contributed by atoms with van der Waals surface area (Å²) in [5, 5.41) is 19.9. The van der Waals surface area contributed by atoms with Crippen molar-refractivity contribution >= 4 is 17.7 Å². The molecule has 0 atom stereocenters. The van der Waals surface area contributed by atoms with Gasteiger partial charge in [0, 0.05) is 25.2 Å². The van der Waals surface area contributed by atoms with E-state index < -0.39 is 6.09 Å². The van der Waals surface area contributed by atoms with E-state index in [2.05, 4.69) is 15.5 Å². The number of hydrogen-bond acceptors (Lipinski definition) is 5. The van der Waals surface area contributed by atoms with Crippen molar-refractivity contribution in [3.63, 3.8) is 0 Å². The summed E-state index contributed by atoms with van der Waals surface area (Å²) in [6.45, 7) is 3.64. The van der Waals surface area contributed by atoms with Crippen molar-refractivity contribution in [2.45, 2.75) is 13.3 Å². The highest BCUT2D eigenvalue weighted by Crippen LogP contribution is 2.26. The number of rotatable bonds is 4. The lowest BCUT2D eigenvalue weighted by Crippen LogP contribution is -2.33. The quantitative estimate of drug-likeness (QED) is 0.901. The van der Waals surface area contributed by atoms with Crippen molar-refractivity contribution in [1.29, 1.82) is 0 Å². The van der Waals surface area contributed by atoms with E-state index in [-0.39, 0.29) is 0 Å². The molecule has 0 aliphatic carbocycles. The fourth-order valence-corrected chi connectivity index (χ4v) is 2.49. The first-order chi connectivity index (χ1) is 11.2. The molecule has 120 valence electrons. The summed E-state index contributed by atoms with van der Waals surface area (Å²) >= 11 is 0. The van der Waals surface area contributed by atoms with Gasteiger partial charge in [0.25, 0.3) is 0 Å². The molecule has 0 bridgehead atoms. The van der Waals surface area contributed by atoms with Crippen LogP contribution in [0, 0.1) is 0 Å². The molecular formula is C16H18N4O3. The maximum atomic E-state index is 10.9. The van der Waals surface area contributed by atoms with Gasteiger partial charge in [0.2, 0.25) is 5.89 Å². The van der Waals surface area contributed by atoms with Crippen molar-refractivity contribution < 1.29 is 14.3 Å². The van der Waals surface area contributed by atoms with Crippen molar-refractivity contribution in [2.75, 3.05) is 25.0 Å². The van der Waals surface area contributed by atoms with Crippen LogP contribution in [0.15, 0.2) is 34.8 Å². The lowest BCUT2D eigenvalue weighted by atomic mass is 9.98. The van der Waals surface area contributed by atoms with E-state index in [1.807, 2.05) is 37.3 Å². The van der Waals surface area contributed by atoms with Crippen molar-refractivity contribution in [2.24, 2.45) is 0 Å². The lowest BCUT2D eigenvalue weighted by Gasteiger charge is -2.23. The monoisotopic (exact) mass is 314 g/mol. The summed E-state index contributed by atoms with van der Waals surface area (Å²) in [6, 6.07) is 8.27. The van der Waals surface area contributed by atoms with Crippen LogP contribution in [0.25, 0.3) is 17.0 Å². The van der Waals surface area contributed by atoms with Gasteiger partial charge in [0.1, 0.15) is 0 Å². The highest BCUT2D eigenvalue weighted by molar-refractivity contribution is 5.72. The molecule has 7 nitrogen and oxygen atoms in total. The Kier molecular flexibility index (Phi) is 4.27. The minimum atomic E-state index is -0.872. The topological polar surface area (TPSA) is 91.5 Å². The van der Waals surface area contributed by atoms with Crippen LogP contribution in [-0.4, -0.2) is 45.9 Å². The molecule has 0 spiro atoms. The summed E-state index contributed by atoms with van der Waals surface area (Å²) in [5.74, 6) is 0.474. The van der Waals surface area contributed by atoms with Crippen LogP contribution in [0.3, 0.4) is 0 Å². The zero-order valence-electron chi connectivity index (χ0n) is 12.8. The second kappa shape index (κ2) is 6.51. The lowest BCUT2D eigenvalue weighted by molar-refractivity contribution is 0.150. The number of aromatic nitrogens is 2. The second-order valence-electron chi connectivity index (χ2n) is 5.23. The minimum Gasteiger partial charge on any atom is -0.465 e. The van der Waals surface area contributed by atoms with Crippen LogP contribution in [0.4, 0.5) is 10.8 Å². The molecule has 2 heterocycles. The standard InChI is InChI=1S/C16H18N4O3/c1-2-17-15-19-18-14(23-15)13-5-3-11(4-6-13)12-7-9-20(10-8-12)16(21)22/h3-7H,2,8-10H2,1H3,(H,17,19)(H,21,22). The van der Waals surface area contributed by atoms with Gasteiger partial charge < -0.3 is 19.7 Å². The number of benzene rings is 1. The second-order valence-corrected chi connectivity index (χ2v) is 5.23. The van der Waals surface area contributed by atoms with Crippen LogP contribution >= 0.6 is 0 Å². The highest BCUT2D eigenvalue weighted by atomic mass is 16.4. The van der Waals surface area contributed by atoms with Crippen molar-refractivity contribution in [3.05, 3.63) is 35.9 Å². The minimum absolute atomic E-state index is 0.412. The van der Waals surface area contributed by atoms with E-state index in [1.165, 1.54) is 4.90 Å². The van der Waals surface area contributed by atoms with E-state index in [9.17, 15) is 4.79 Å². The Balaban J connectivity index is 1.73. The molecule has 2 aromatic rings. The third-order valence-electron chi connectivity index (χ3n) is 3.74. The predicted octanol–water partition coefficient (Wildman–Crippen LogP) is 2.94. The number of carbonyl (C=O) groups is 1. The molecule has 2 N–H and O–H groups in total. The zero-order chi connectivity index (χ0) is 16.2. The van der Waals surface area contributed by atoms with Gasteiger partial charge in [-0.3, -0.25) is 0 Å². The average Bonchev–Trinajstić information content (AvgIpc) is 3.04. The molecule has 7 heteroatoms. The van der Waals surface area contributed by atoms with Crippen LogP contribution in [0.2, 0.25) is 0 Å². The third-order valence-corrected chi connectivity index (χ3v) is 3.74. The third kappa shape index (κ3) is 3.33. The summed E-state index contributed by atoms with van der Waals surface area (Å²) in [6.07, 6.45) is 1.81. The van der Waals surface area contributed by atoms with Crippen LogP contribution < -0.4 is 5.32 Å². The summed E-state index contributed by atoms with van der Waals surface area (Å²) in [7, 11) is 0. The SMILES string of the molecule is CCNc1nnc(-c2ccc(C3=CCN(C(=O)O)CC3)cc2)o1. The molecule has 1 aliphatic heterocycles. The van der Waals surface area contributed by atoms with E-state index in [0.29, 0.717) is 25.0 Å². The Labute approximate surface area is 133 Å². The molecule has 0 radical (unpaired) electrons. The molecule has 1 aromatic carbocycles. The van der Waals surface area contributed by atoms with E-state index in [4.69, 9.17) is 9.52 Å². The molecule has 0 unspecified atom stereocenters. The number of anilines is 1. The van der Waals surface area contributed by atoms with Gasteiger partial charge in [-0.15, -0.1) is 5.10 Å². The Bertz CT molecular complexity index is 721. The van der Waals surface area contributed by atoms with Crippen molar-refractivity contribution in [3.8, 4) is 11.5 Å². The number of amides is 1. The maximum absolute atomic E-state index is 10.9. The molecule has 1 aliphatic rings. The smallest absolute Gasteiger partial charge is 0.407 e. The average molecular weight is 314 g/mol. The Morgan fingerprint density at radius 2 is 2.04 bits per heavy atom. The number of carboxylic acid groups (broad SMARTS) is 1. The van der Waals surface area contributed by atoms with Gasteiger partial charge in [-0.1, -0.05) is 23.3 Å². The molecule has 0 saturated carbocycles. The predicted molar refractivity (Wildman–Crippen MR) is 86.1 cm³/mol. The Morgan fingerprint density at radius 1 is 1.30 bits per heavy atom. The molecular weight excluding hydrogens is 296 g/mol. The molecule has 0 saturated heterocycles. The largest absolute Gasteiger partial charge is 0.465 e. The molecule has 23 heavy (non-hydrogen) atoms. The summed E-state index contributed by atoms with van der Waals surface area (Å²) < 4.78 is 5.52. The van der Waals surface area contributed by atoms with Gasteiger partial charge in [-0.2, -0.15) is 0 Å². The van der Waals surface area contributed by atoms with Crippen LogP contribution in [0.1, 0.15) is 18.9 Å². The van der Waals surface area contributed by atoms with Gasteiger partial charge in [0.05, 0.1) is 0 Å². The van der Waals surface area contributed by atoms with E-state index >= 15 is 0 Å². The fourth-order valence-electron chi connectivity index (χ4n) is 2.49. The Hall–Kier alpha value is -2.83. The number of nitrogens with zero attached hydrogens (tertiary/aromatic N) is 3. The molecule has 3 rings (SSSR count). The number of nitrogens with one attached hydrogen (secondary N) is 1.